The maximum absolute atomic E-state index is 13.6. The predicted molar refractivity (Wildman–Crippen MR) is 186 cm³/mol. The van der Waals surface area contributed by atoms with Gasteiger partial charge in [-0.25, -0.2) is 13.6 Å². The highest BCUT2D eigenvalue weighted by molar-refractivity contribution is 8.31. The van der Waals surface area contributed by atoms with Gasteiger partial charge in [0.2, 0.25) is 6.41 Å². The van der Waals surface area contributed by atoms with Crippen LogP contribution in [0.4, 0.5) is 13.6 Å². The quantitative estimate of drug-likeness (QED) is 0.264. The van der Waals surface area contributed by atoms with Crippen molar-refractivity contribution >= 4 is 22.8 Å². The van der Waals surface area contributed by atoms with Crippen molar-refractivity contribution in [1.29, 1.82) is 0 Å². The summed E-state index contributed by atoms with van der Waals surface area (Å²) < 4.78 is 43.1. The van der Waals surface area contributed by atoms with Crippen molar-refractivity contribution < 1.29 is 33.5 Å². The van der Waals surface area contributed by atoms with Crippen molar-refractivity contribution in [2.45, 2.75) is 88.0 Å². The summed E-state index contributed by atoms with van der Waals surface area (Å²) in [7, 11) is 0.326. The van der Waals surface area contributed by atoms with Gasteiger partial charge >= 0.3 is 6.09 Å². The molecule has 1 saturated heterocycles. The molecule has 2 amide bonds. The third-order valence-electron chi connectivity index (χ3n) is 7.14. The molecule has 0 atom stereocenters. The van der Waals surface area contributed by atoms with Crippen molar-refractivity contribution in [1.82, 2.24) is 15.2 Å². The van der Waals surface area contributed by atoms with Crippen LogP contribution in [-0.4, -0.2) is 66.1 Å². The number of hydrogen-bond donors (Lipinski definition) is 1. The first kappa shape index (κ1) is 39.6. The van der Waals surface area contributed by atoms with Gasteiger partial charge < -0.3 is 23.9 Å². The maximum atomic E-state index is 13.6. The summed E-state index contributed by atoms with van der Waals surface area (Å²) in [5, 5.41) is 2.42. The van der Waals surface area contributed by atoms with Crippen LogP contribution in [-0.2, 0) is 24.0 Å². The number of ether oxygens (including phenoxy) is 2. The first-order valence-corrected chi connectivity index (χ1v) is 17.0. The molecule has 4 rings (SSSR count). The molecule has 1 N–H and O–H groups in total. The van der Waals surface area contributed by atoms with Gasteiger partial charge in [-0.2, -0.15) is 0 Å². The Labute approximate surface area is 282 Å². The second-order valence-electron chi connectivity index (χ2n) is 13.3. The number of pyridine rings is 1. The number of benzene rings is 2. The number of morpholine rings is 1. The van der Waals surface area contributed by atoms with Crippen molar-refractivity contribution in [3.8, 4) is 0 Å². The minimum Gasteiger partial charge on any atom is -0.444 e. The van der Waals surface area contributed by atoms with Gasteiger partial charge in [-0.1, -0.05) is 46.7 Å². The molecule has 0 aliphatic carbocycles. The summed E-state index contributed by atoms with van der Waals surface area (Å²) in [5.41, 5.74) is -1.44. The lowest BCUT2D eigenvalue weighted by Gasteiger charge is -2.49. The molecule has 0 radical (unpaired) electrons. The van der Waals surface area contributed by atoms with E-state index in [0.717, 1.165) is 6.20 Å². The Morgan fingerprint density at radius 3 is 1.83 bits per heavy atom. The number of amides is 2. The Morgan fingerprint density at radius 1 is 0.936 bits per heavy atom. The summed E-state index contributed by atoms with van der Waals surface area (Å²) in [6.07, 6.45) is 1.16. The van der Waals surface area contributed by atoms with E-state index in [1.165, 1.54) is 16.7 Å². The third kappa shape index (κ3) is 10.7. The lowest BCUT2D eigenvalue weighted by Crippen LogP contribution is -2.43. The van der Waals surface area contributed by atoms with Gasteiger partial charge in [-0.05, 0) is 86.6 Å². The second-order valence-corrected chi connectivity index (χ2v) is 16.9. The SMILES string of the molecule is CC(C)(C)OC(=O)N1CCOCC1.COS(c1ccccc1)(c1ccccc1)C(C)(C)C.Cc1c(F)cnc(C(C)(C)NC=O)c1F.[HH]. The van der Waals surface area contributed by atoms with Crippen molar-refractivity contribution in [2.75, 3.05) is 33.4 Å². The van der Waals surface area contributed by atoms with E-state index < -0.39 is 33.1 Å². The molecule has 2 heterocycles. The van der Waals surface area contributed by atoms with Gasteiger partial charge in [-0.3, -0.25) is 9.78 Å². The van der Waals surface area contributed by atoms with E-state index in [1.54, 1.807) is 18.7 Å². The molecule has 8 nitrogen and oxygen atoms in total. The number of nitrogens with zero attached hydrogens (tertiary/aromatic N) is 2. The lowest BCUT2D eigenvalue weighted by atomic mass is 9.98. The fourth-order valence-electron chi connectivity index (χ4n) is 4.79. The Kier molecular flexibility index (Phi) is 14.4. The second kappa shape index (κ2) is 17.0. The molecular weight excluding hydrogens is 624 g/mol. The zero-order valence-electron chi connectivity index (χ0n) is 29.4. The minimum absolute atomic E-state index is 0. The van der Waals surface area contributed by atoms with Gasteiger partial charge in [0.05, 0.1) is 24.9 Å². The normalized spacial score (nSPS) is 14.1. The van der Waals surface area contributed by atoms with Crippen LogP contribution in [0.1, 0.15) is 68.1 Å². The van der Waals surface area contributed by atoms with Gasteiger partial charge in [0, 0.05) is 41.7 Å². The van der Waals surface area contributed by atoms with Crippen LogP contribution >= 0.6 is 10.3 Å². The minimum atomic E-state index is -1.51. The highest BCUT2D eigenvalue weighted by Gasteiger charge is 2.40. The Morgan fingerprint density at radius 2 is 1.43 bits per heavy atom. The van der Waals surface area contributed by atoms with E-state index in [-0.39, 0.29) is 23.5 Å². The first-order valence-electron chi connectivity index (χ1n) is 15.5. The van der Waals surface area contributed by atoms with E-state index in [2.05, 4.69) is 91.7 Å². The van der Waals surface area contributed by atoms with E-state index in [1.807, 2.05) is 27.9 Å². The van der Waals surface area contributed by atoms with E-state index in [0.29, 0.717) is 32.7 Å². The molecule has 1 aliphatic rings. The fraction of sp³-hybridized carbons (Fsp3) is 0.472. The highest BCUT2D eigenvalue weighted by atomic mass is 32.3. The molecule has 3 aromatic rings. The Hall–Kier alpha value is -3.54. The van der Waals surface area contributed by atoms with Crippen molar-refractivity contribution in [3.63, 3.8) is 0 Å². The number of rotatable bonds is 6. The molecule has 262 valence electrons. The van der Waals surface area contributed by atoms with Crippen LogP contribution in [0.5, 0.6) is 0 Å². The summed E-state index contributed by atoms with van der Waals surface area (Å²) in [6, 6.07) is 21.2. The van der Waals surface area contributed by atoms with Gasteiger partial charge in [-0.15, -0.1) is 0 Å². The number of carbonyl (C=O) groups is 2. The zero-order valence-corrected chi connectivity index (χ0v) is 30.2. The Balaban J connectivity index is 0.000000364. The van der Waals surface area contributed by atoms with E-state index in [4.69, 9.17) is 13.7 Å². The topological polar surface area (TPSA) is 90.0 Å². The monoisotopic (exact) mass is 677 g/mol. The molecule has 0 spiro atoms. The molecule has 1 fully saturated rings. The average molecular weight is 678 g/mol. The number of carbonyl (C=O) groups excluding carboxylic acids is 2. The Bertz CT molecular complexity index is 1390. The third-order valence-corrected chi connectivity index (χ3v) is 11.2. The average Bonchev–Trinajstić information content (AvgIpc) is 3.01. The predicted octanol–water partition coefficient (Wildman–Crippen LogP) is 8.42. The molecule has 0 unspecified atom stereocenters. The number of aromatic nitrogens is 1. The van der Waals surface area contributed by atoms with Gasteiger partial charge in [0.15, 0.2) is 5.82 Å². The van der Waals surface area contributed by atoms with Crippen LogP contribution in [0, 0.1) is 18.6 Å². The van der Waals surface area contributed by atoms with Crippen LogP contribution in [0.15, 0.2) is 76.7 Å². The van der Waals surface area contributed by atoms with Crippen LogP contribution in [0.2, 0.25) is 0 Å². The van der Waals surface area contributed by atoms with E-state index >= 15 is 0 Å². The number of nitrogens with one attached hydrogen (secondary N) is 1. The van der Waals surface area contributed by atoms with Crippen molar-refractivity contribution in [2.24, 2.45) is 0 Å². The molecule has 2 aromatic carbocycles. The van der Waals surface area contributed by atoms with Crippen LogP contribution in [0.3, 0.4) is 0 Å². The summed E-state index contributed by atoms with van der Waals surface area (Å²) in [4.78, 5) is 29.7. The first-order chi connectivity index (χ1) is 21.9. The highest BCUT2D eigenvalue weighted by Crippen LogP contribution is 2.70. The maximum Gasteiger partial charge on any atom is 0.410 e. The zero-order chi connectivity index (χ0) is 35.5. The lowest BCUT2D eigenvalue weighted by molar-refractivity contribution is -0.111. The van der Waals surface area contributed by atoms with Gasteiger partial charge in [0.25, 0.3) is 0 Å². The largest absolute Gasteiger partial charge is 0.444 e. The summed E-state index contributed by atoms with van der Waals surface area (Å²) in [6.45, 7) is 19.4. The van der Waals surface area contributed by atoms with E-state index in [9.17, 15) is 18.4 Å². The number of halogens is 2. The summed E-state index contributed by atoms with van der Waals surface area (Å²) >= 11 is 0. The summed E-state index contributed by atoms with van der Waals surface area (Å²) in [5.74, 6) is -1.42. The van der Waals surface area contributed by atoms with Crippen molar-refractivity contribution in [3.05, 3.63) is 89.8 Å². The standard InChI is InChI=1S/C17H22OS.C10H12F2N2O.C9H17NO3.H2/c1-17(2,3)19(18-4,15-11-7-5-8-12-15)16-13-9-6-10-14-16;1-6-7(11)4-13-9(8(6)12)10(2,3)14-5-15;1-9(2,3)13-8(11)10-4-6-12-7-5-10;/h5-14H,1-4H3;4-5H,1-3H3,(H,14,15);4-7H2,1-3H3;1H. The smallest absolute Gasteiger partial charge is 0.410 e. The molecule has 1 aliphatic heterocycles. The number of hydrogen-bond acceptors (Lipinski definition) is 6. The molecule has 0 bridgehead atoms. The van der Waals surface area contributed by atoms with Crippen LogP contribution in [0.25, 0.3) is 0 Å². The fourth-order valence-corrected chi connectivity index (χ4v) is 8.44. The molecular formula is C36H53F2N3O5S. The molecule has 11 heteroatoms. The molecule has 1 aromatic heterocycles. The van der Waals surface area contributed by atoms with Gasteiger partial charge in [0.1, 0.15) is 17.1 Å². The van der Waals surface area contributed by atoms with Crippen LogP contribution < -0.4 is 5.32 Å². The molecule has 0 saturated carbocycles. The molecule has 47 heavy (non-hydrogen) atoms.